The van der Waals surface area contributed by atoms with E-state index in [0.717, 1.165) is 0 Å². The minimum Gasteiger partial charge on any atom is -0.410 e. The molecule has 1 heterocycles. The number of ether oxygens (including phenoxy) is 1. The normalized spacial score (nSPS) is 10.1. The van der Waals surface area contributed by atoms with Crippen molar-refractivity contribution in [2.75, 3.05) is 0 Å². The van der Waals surface area contributed by atoms with Crippen LogP contribution in [0.25, 0.3) is 0 Å². The molecule has 92 valence electrons. The van der Waals surface area contributed by atoms with Crippen LogP contribution in [0.2, 0.25) is 0 Å². The molecule has 1 aromatic heterocycles. The van der Waals surface area contributed by atoms with Gasteiger partial charge in [0.2, 0.25) is 5.82 Å². The summed E-state index contributed by atoms with van der Waals surface area (Å²) < 4.78 is 18.1. The number of aromatic nitrogens is 2. The number of H-pyrrole nitrogens is 1. The smallest absolute Gasteiger partial charge is 0.410 e. The van der Waals surface area contributed by atoms with E-state index in [4.69, 9.17) is 4.74 Å². The second kappa shape index (κ2) is 4.66. The highest BCUT2D eigenvalue weighted by molar-refractivity contribution is 5.72. The summed E-state index contributed by atoms with van der Waals surface area (Å²) in [7, 11) is 0. The molecule has 2 aromatic rings. The fourth-order valence-corrected chi connectivity index (χ4v) is 1.22. The molecule has 1 N–H and O–H groups in total. The van der Waals surface area contributed by atoms with E-state index >= 15 is 0 Å². The zero-order valence-electron chi connectivity index (χ0n) is 8.92. The zero-order valence-corrected chi connectivity index (χ0v) is 8.92. The average Bonchev–Trinajstić information content (AvgIpc) is 2.35. The predicted molar refractivity (Wildman–Crippen MR) is 59.1 cm³/mol. The van der Waals surface area contributed by atoms with Crippen LogP contribution in [0.5, 0.6) is 5.75 Å². The largest absolute Gasteiger partial charge is 0.427 e. The van der Waals surface area contributed by atoms with Crippen molar-refractivity contribution < 1.29 is 13.9 Å². The molecular formula is C11H7FN2O4. The lowest BCUT2D eigenvalue weighted by Gasteiger charge is -2.04. The molecule has 0 saturated carbocycles. The van der Waals surface area contributed by atoms with Crippen LogP contribution in [0.3, 0.4) is 0 Å². The maximum absolute atomic E-state index is 12.9. The summed E-state index contributed by atoms with van der Waals surface area (Å²) in [5.41, 5.74) is -2.26. The van der Waals surface area contributed by atoms with Gasteiger partial charge in [-0.15, -0.1) is 0 Å². The Morgan fingerprint density at radius 1 is 1.22 bits per heavy atom. The number of hydrogen-bond donors (Lipinski definition) is 1. The summed E-state index contributed by atoms with van der Waals surface area (Å²) in [5.74, 6) is -1.05. The molecule has 7 heteroatoms. The average molecular weight is 250 g/mol. The Morgan fingerprint density at radius 3 is 2.56 bits per heavy atom. The van der Waals surface area contributed by atoms with Gasteiger partial charge in [0.15, 0.2) is 0 Å². The molecule has 0 aliphatic carbocycles. The highest BCUT2D eigenvalue weighted by Gasteiger charge is 2.12. The van der Waals surface area contributed by atoms with Crippen LogP contribution < -0.4 is 16.0 Å². The Balaban J connectivity index is 2.33. The highest BCUT2D eigenvalue weighted by Crippen LogP contribution is 2.08. The second-order valence-corrected chi connectivity index (χ2v) is 3.29. The van der Waals surface area contributed by atoms with Crippen molar-refractivity contribution in [3.63, 3.8) is 0 Å². The van der Waals surface area contributed by atoms with Crippen LogP contribution >= 0.6 is 0 Å². The van der Waals surface area contributed by atoms with Crippen LogP contribution in [0, 0.1) is 5.82 Å². The summed E-state index contributed by atoms with van der Waals surface area (Å²) >= 11 is 0. The first-order valence-corrected chi connectivity index (χ1v) is 4.86. The van der Waals surface area contributed by atoms with Crippen LogP contribution in [-0.4, -0.2) is 15.6 Å². The molecule has 0 spiro atoms. The van der Waals surface area contributed by atoms with Gasteiger partial charge in [0.25, 0.3) is 5.56 Å². The molecule has 18 heavy (non-hydrogen) atoms. The molecule has 0 atom stereocenters. The summed E-state index contributed by atoms with van der Waals surface area (Å²) in [6, 6.07) is 7.94. The lowest BCUT2D eigenvalue weighted by Crippen LogP contribution is -2.36. The number of rotatable bonds is 1. The van der Waals surface area contributed by atoms with E-state index in [1.54, 1.807) is 23.2 Å². The van der Waals surface area contributed by atoms with Gasteiger partial charge in [-0.25, -0.2) is 9.59 Å². The number of carbonyl (C=O) groups excluding carboxylic acids is 1. The van der Waals surface area contributed by atoms with Crippen molar-refractivity contribution in [3.8, 4) is 5.75 Å². The molecular weight excluding hydrogens is 243 g/mol. The van der Waals surface area contributed by atoms with Gasteiger partial charge in [-0.1, -0.05) is 18.2 Å². The molecule has 1 aromatic carbocycles. The second-order valence-electron chi connectivity index (χ2n) is 3.29. The number of halogens is 1. The molecule has 0 saturated heterocycles. The molecule has 6 nitrogen and oxygen atoms in total. The summed E-state index contributed by atoms with van der Waals surface area (Å²) in [5, 5.41) is 0. The van der Waals surface area contributed by atoms with Crippen LogP contribution in [-0.2, 0) is 0 Å². The lowest BCUT2D eigenvalue weighted by molar-refractivity contribution is 0.200. The highest BCUT2D eigenvalue weighted by atomic mass is 19.1. The van der Waals surface area contributed by atoms with E-state index in [2.05, 4.69) is 0 Å². The Hall–Kier alpha value is -2.70. The molecule has 0 aliphatic rings. The number of carbonyl (C=O) groups is 1. The fraction of sp³-hybridized carbons (Fsp3) is 0. The lowest BCUT2D eigenvalue weighted by atomic mass is 10.3. The maximum Gasteiger partial charge on any atom is 0.427 e. The predicted octanol–water partition coefficient (Wildman–Crippen LogP) is 0.723. The van der Waals surface area contributed by atoms with E-state index < -0.39 is 23.2 Å². The van der Waals surface area contributed by atoms with Crippen molar-refractivity contribution in [2.24, 2.45) is 0 Å². The van der Waals surface area contributed by atoms with Gasteiger partial charge in [0.1, 0.15) is 5.75 Å². The number of nitrogens with zero attached hydrogens (tertiary/aromatic N) is 1. The van der Waals surface area contributed by atoms with Crippen molar-refractivity contribution >= 4 is 6.09 Å². The van der Waals surface area contributed by atoms with Gasteiger partial charge in [0.05, 0.1) is 6.20 Å². The van der Waals surface area contributed by atoms with E-state index in [-0.39, 0.29) is 5.75 Å². The van der Waals surface area contributed by atoms with Crippen molar-refractivity contribution in [2.45, 2.75) is 0 Å². The third-order valence-electron chi connectivity index (χ3n) is 2.04. The van der Waals surface area contributed by atoms with E-state index in [9.17, 15) is 18.8 Å². The molecule has 2 rings (SSSR count). The molecule has 0 radical (unpaired) electrons. The van der Waals surface area contributed by atoms with E-state index in [1.807, 2.05) is 0 Å². The topological polar surface area (TPSA) is 81.2 Å². The van der Waals surface area contributed by atoms with Crippen molar-refractivity contribution in [1.29, 1.82) is 0 Å². The minimum absolute atomic E-state index is 0.195. The third-order valence-corrected chi connectivity index (χ3v) is 2.04. The number of nitrogens with one attached hydrogen (secondary N) is 1. The Morgan fingerprint density at radius 2 is 1.89 bits per heavy atom. The standard InChI is InChI=1S/C11H7FN2O4/c12-8-6-14(10(16)13-9(8)15)11(17)18-7-4-2-1-3-5-7/h1-6H,(H,13,15,16). The van der Waals surface area contributed by atoms with E-state index in [1.165, 1.54) is 12.1 Å². The molecule has 0 unspecified atom stereocenters. The third kappa shape index (κ3) is 2.34. The Labute approximate surface area is 99.3 Å². The molecule has 0 bridgehead atoms. The zero-order chi connectivity index (χ0) is 13.1. The summed E-state index contributed by atoms with van der Waals surface area (Å²) in [6.07, 6.45) is -0.631. The molecule has 0 aliphatic heterocycles. The summed E-state index contributed by atoms with van der Waals surface area (Å²) in [4.78, 5) is 35.2. The summed E-state index contributed by atoms with van der Waals surface area (Å²) in [6.45, 7) is 0. The SMILES string of the molecule is O=C(Oc1ccccc1)n1cc(F)c(=O)[nH]c1=O. The Kier molecular flexibility index (Phi) is 3.05. The molecule has 0 amide bonds. The first kappa shape index (κ1) is 11.8. The first-order valence-electron chi connectivity index (χ1n) is 4.86. The van der Waals surface area contributed by atoms with Gasteiger partial charge in [-0.05, 0) is 12.1 Å². The van der Waals surface area contributed by atoms with Gasteiger partial charge < -0.3 is 4.74 Å². The number of hydrogen-bond acceptors (Lipinski definition) is 4. The van der Waals surface area contributed by atoms with Crippen molar-refractivity contribution in [1.82, 2.24) is 9.55 Å². The quantitative estimate of drug-likeness (QED) is 0.808. The van der Waals surface area contributed by atoms with Gasteiger partial charge in [0, 0.05) is 0 Å². The van der Waals surface area contributed by atoms with Gasteiger partial charge in [-0.3, -0.25) is 9.78 Å². The van der Waals surface area contributed by atoms with Gasteiger partial charge >= 0.3 is 11.8 Å². The monoisotopic (exact) mass is 250 g/mol. The molecule has 0 fully saturated rings. The van der Waals surface area contributed by atoms with E-state index in [0.29, 0.717) is 10.8 Å². The van der Waals surface area contributed by atoms with Crippen LogP contribution in [0.1, 0.15) is 0 Å². The number of benzene rings is 1. The minimum atomic E-state index is -1.25. The van der Waals surface area contributed by atoms with Gasteiger partial charge in [-0.2, -0.15) is 8.96 Å². The maximum atomic E-state index is 12.9. The number of aromatic amines is 1. The van der Waals surface area contributed by atoms with Crippen molar-refractivity contribution in [3.05, 3.63) is 63.2 Å². The van der Waals surface area contributed by atoms with Crippen LogP contribution in [0.15, 0.2) is 46.1 Å². The van der Waals surface area contributed by atoms with Crippen LogP contribution in [0.4, 0.5) is 9.18 Å². The number of para-hydroxylation sites is 1. The Bertz CT molecular complexity index is 690. The first-order chi connectivity index (χ1) is 8.58. The fourth-order valence-electron chi connectivity index (χ4n) is 1.22.